The van der Waals surface area contributed by atoms with Gasteiger partial charge in [-0.3, -0.25) is 23.8 Å². The van der Waals surface area contributed by atoms with Gasteiger partial charge in [-0.15, -0.1) is 11.3 Å². The van der Waals surface area contributed by atoms with Crippen LogP contribution >= 0.6 is 11.3 Å². The SMILES string of the molecule is CCC(C)c1ccc(NC(=O)CN2CCN(Cc3cc(=O)n4ccsc4n3)CC2)cc1. The third-order valence-electron chi connectivity index (χ3n) is 5.95. The highest BCUT2D eigenvalue weighted by molar-refractivity contribution is 7.15. The quantitative estimate of drug-likeness (QED) is 0.613. The molecule has 1 saturated heterocycles. The van der Waals surface area contributed by atoms with E-state index in [1.165, 1.54) is 16.9 Å². The molecule has 1 fully saturated rings. The number of piperazine rings is 1. The molecule has 0 aliphatic carbocycles. The van der Waals surface area contributed by atoms with E-state index < -0.39 is 0 Å². The van der Waals surface area contributed by atoms with E-state index in [1.54, 1.807) is 16.7 Å². The summed E-state index contributed by atoms with van der Waals surface area (Å²) in [6.07, 6.45) is 2.86. The lowest BCUT2D eigenvalue weighted by Crippen LogP contribution is -2.48. The number of amides is 1. The first-order valence-corrected chi connectivity index (χ1v) is 11.7. The summed E-state index contributed by atoms with van der Waals surface area (Å²) < 4.78 is 1.57. The lowest BCUT2D eigenvalue weighted by atomic mass is 9.99. The summed E-state index contributed by atoms with van der Waals surface area (Å²) in [4.78, 5) is 34.4. The smallest absolute Gasteiger partial charge is 0.258 e. The number of thiazole rings is 1. The highest BCUT2D eigenvalue weighted by Crippen LogP contribution is 2.20. The number of hydrogen-bond acceptors (Lipinski definition) is 6. The minimum absolute atomic E-state index is 0.0163. The summed E-state index contributed by atoms with van der Waals surface area (Å²) >= 11 is 1.47. The van der Waals surface area contributed by atoms with Crippen molar-refractivity contribution in [2.75, 3.05) is 38.0 Å². The van der Waals surface area contributed by atoms with Gasteiger partial charge in [-0.25, -0.2) is 4.98 Å². The largest absolute Gasteiger partial charge is 0.325 e. The fourth-order valence-corrected chi connectivity index (χ4v) is 4.58. The van der Waals surface area contributed by atoms with Gasteiger partial charge in [0.05, 0.1) is 12.2 Å². The van der Waals surface area contributed by atoms with Crippen molar-refractivity contribution in [3.8, 4) is 0 Å². The third-order valence-corrected chi connectivity index (χ3v) is 6.71. The Morgan fingerprint density at radius 1 is 1.16 bits per heavy atom. The van der Waals surface area contributed by atoms with Crippen molar-refractivity contribution in [3.63, 3.8) is 0 Å². The van der Waals surface area contributed by atoms with Crippen molar-refractivity contribution < 1.29 is 4.79 Å². The van der Waals surface area contributed by atoms with Crippen LogP contribution in [0, 0.1) is 0 Å². The Morgan fingerprint density at radius 2 is 1.87 bits per heavy atom. The fraction of sp³-hybridized carbons (Fsp3) is 0.435. The van der Waals surface area contributed by atoms with Crippen LogP contribution in [0.15, 0.2) is 46.7 Å². The van der Waals surface area contributed by atoms with Crippen molar-refractivity contribution in [2.24, 2.45) is 0 Å². The average Bonchev–Trinajstić information content (AvgIpc) is 3.24. The first kappa shape index (κ1) is 21.7. The van der Waals surface area contributed by atoms with Gasteiger partial charge in [0.15, 0.2) is 4.96 Å². The van der Waals surface area contributed by atoms with Crippen LogP contribution in [0.5, 0.6) is 0 Å². The second-order valence-electron chi connectivity index (χ2n) is 8.17. The molecule has 1 aliphatic rings. The zero-order chi connectivity index (χ0) is 21.8. The van der Waals surface area contributed by atoms with E-state index in [0.29, 0.717) is 19.0 Å². The Labute approximate surface area is 186 Å². The number of fused-ring (bicyclic) bond motifs is 1. The number of aromatic nitrogens is 2. The molecule has 0 bridgehead atoms. The van der Waals surface area contributed by atoms with E-state index in [1.807, 2.05) is 17.5 Å². The molecule has 3 aromatic rings. The predicted octanol–water partition coefficient (Wildman–Crippen LogP) is 3.03. The summed E-state index contributed by atoms with van der Waals surface area (Å²) in [5.74, 6) is 0.546. The van der Waals surface area contributed by atoms with Gasteiger partial charge in [0.1, 0.15) is 0 Å². The van der Waals surface area contributed by atoms with E-state index in [-0.39, 0.29) is 11.5 Å². The van der Waals surface area contributed by atoms with Gasteiger partial charge in [0.2, 0.25) is 5.91 Å². The average molecular weight is 440 g/mol. The van der Waals surface area contributed by atoms with Crippen LogP contribution < -0.4 is 10.9 Å². The zero-order valence-corrected chi connectivity index (χ0v) is 18.9. The highest BCUT2D eigenvalue weighted by atomic mass is 32.1. The molecular formula is C23H29N5O2S. The van der Waals surface area contributed by atoms with Crippen molar-refractivity contribution in [1.82, 2.24) is 19.2 Å². The summed E-state index contributed by atoms with van der Waals surface area (Å²) in [5.41, 5.74) is 2.91. The van der Waals surface area contributed by atoms with Crippen LogP contribution in [-0.4, -0.2) is 57.8 Å². The maximum atomic E-state index is 12.5. The highest BCUT2D eigenvalue weighted by Gasteiger charge is 2.20. The third kappa shape index (κ3) is 5.39. The first-order valence-electron chi connectivity index (χ1n) is 10.8. The molecule has 8 heteroatoms. The molecule has 164 valence electrons. The Kier molecular flexibility index (Phi) is 6.80. The van der Waals surface area contributed by atoms with Crippen molar-refractivity contribution in [3.05, 3.63) is 63.5 Å². The fourth-order valence-electron chi connectivity index (χ4n) is 3.84. The van der Waals surface area contributed by atoms with Gasteiger partial charge in [-0.05, 0) is 30.0 Å². The molecule has 1 amide bonds. The van der Waals surface area contributed by atoms with Gasteiger partial charge in [0.25, 0.3) is 5.56 Å². The van der Waals surface area contributed by atoms with E-state index >= 15 is 0 Å². The summed E-state index contributed by atoms with van der Waals surface area (Å²) in [6, 6.07) is 9.77. The molecule has 7 nitrogen and oxygen atoms in total. The molecule has 1 atom stereocenters. The monoisotopic (exact) mass is 439 g/mol. The number of anilines is 1. The molecule has 4 rings (SSSR count). The van der Waals surface area contributed by atoms with Gasteiger partial charge in [-0.1, -0.05) is 26.0 Å². The lowest BCUT2D eigenvalue weighted by molar-refractivity contribution is -0.117. The second-order valence-corrected chi connectivity index (χ2v) is 9.05. The Hall–Kier alpha value is -2.55. The number of rotatable bonds is 7. The lowest BCUT2D eigenvalue weighted by Gasteiger charge is -2.34. The van der Waals surface area contributed by atoms with Gasteiger partial charge < -0.3 is 5.32 Å². The minimum Gasteiger partial charge on any atom is -0.325 e. The van der Waals surface area contributed by atoms with Crippen LogP contribution in [0.3, 0.4) is 0 Å². The van der Waals surface area contributed by atoms with E-state index in [4.69, 9.17) is 0 Å². The Balaban J connectivity index is 1.25. The maximum absolute atomic E-state index is 12.5. The minimum atomic E-state index is -0.0336. The number of carbonyl (C=O) groups is 1. The molecule has 1 aliphatic heterocycles. The molecule has 31 heavy (non-hydrogen) atoms. The molecule has 1 aromatic carbocycles. The number of benzene rings is 1. The number of nitrogens with one attached hydrogen (secondary N) is 1. The van der Waals surface area contributed by atoms with E-state index in [9.17, 15) is 9.59 Å². The van der Waals surface area contributed by atoms with Gasteiger partial charge in [-0.2, -0.15) is 0 Å². The summed E-state index contributed by atoms with van der Waals surface area (Å²) in [7, 11) is 0. The molecule has 1 unspecified atom stereocenters. The molecule has 0 saturated carbocycles. The predicted molar refractivity (Wildman–Crippen MR) is 125 cm³/mol. The molecule has 2 aromatic heterocycles. The summed E-state index contributed by atoms with van der Waals surface area (Å²) in [6.45, 7) is 8.78. The van der Waals surface area contributed by atoms with Crippen molar-refractivity contribution in [2.45, 2.75) is 32.7 Å². The number of nitrogens with zero attached hydrogens (tertiary/aromatic N) is 4. The van der Waals surface area contributed by atoms with Crippen LogP contribution in [-0.2, 0) is 11.3 Å². The van der Waals surface area contributed by atoms with Crippen LogP contribution in [0.1, 0.15) is 37.4 Å². The first-order chi connectivity index (χ1) is 15.0. The Bertz CT molecular complexity index is 1080. The van der Waals surface area contributed by atoms with E-state index in [0.717, 1.165) is 48.9 Å². The second kappa shape index (κ2) is 9.72. The standard InChI is InChI=1S/C23H29N5O2S/c1-3-17(2)18-4-6-19(7-5-18)24-21(29)16-27-10-8-26(9-11-27)15-20-14-22(30)28-12-13-31-23(28)25-20/h4-7,12-14,17H,3,8-11,15-16H2,1-2H3,(H,24,29). The van der Waals surface area contributed by atoms with Gasteiger partial charge >= 0.3 is 0 Å². The molecular weight excluding hydrogens is 410 g/mol. The maximum Gasteiger partial charge on any atom is 0.258 e. The normalized spacial score (nSPS) is 16.5. The number of carbonyl (C=O) groups excluding carboxylic acids is 1. The Morgan fingerprint density at radius 3 is 2.58 bits per heavy atom. The summed E-state index contributed by atoms with van der Waals surface area (Å²) in [5, 5.41) is 4.88. The molecule has 3 heterocycles. The van der Waals surface area contributed by atoms with E-state index in [2.05, 4.69) is 46.1 Å². The van der Waals surface area contributed by atoms with Crippen LogP contribution in [0.4, 0.5) is 5.69 Å². The van der Waals surface area contributed by atoms with Crippen LogP contribution in [0.2, 0.25) is 0 Å². The van der Waals surface area contributed by atoms with Crippen molar-refractivity contribution in [1.29, 1.82) is 0 Å². The topological polar surface area (TPSA) is 70.0 Å². The number of hydrogen-bond donors (Lipinski definition) is 1. The zero-order valence-electron chi connectivity index (χ0n) is 18.1. The van der Waals surface area contributed by atoms with Gasteiger partial charge in [0, 0.05) is 56.1 Å². The molecule has 0 spiro atoms. The molecule has 1 N–H and O–H groups in total. The van der Waals surface area contributed by atoms with Crippen molar-refractivity contribution >= 4 is 27.9 Å². The molecule has 0 radical (unpaired) electrons. The van der Waals surface area contributed by atoms with Crippen LogP contribution in [0.25, 0.3) is 4.96 Å².